The summed E-state index contributed by atoms with van der Waals surface area (Å²) in [6.07, 6.45) is 4.36. The fraction of sp³-hybridized carbons (Fsp3) is 0.476. The normalized spacial score (nSPS) is 20.6. The number of hydrogen-bond donors (Lipinski definition) is 2. The van der Waals surface area contributed by atoms with Crippen molar-refractivity contribution >= 4 is 22.8 Å². The smallest absolute Gasteiger partial charge is 0.306 e. The predicted octanol–water partition coefficient (Wildman–Crippen LogP) is 2.37. The lowest BCUT2D eigenvalue weighted by atomic mass is 9.82. The molecule has 2 N–H and O–H groups in total. The molecule has 0 spiro atoms. The van der Waals surface area contributed by atoms with Crippen LogP contribution in [0.1, 0.15) is 43.0 Å². The minimum Gasteiger partial charge on any atom is -0.481 e. The molecule has 29 heavy (non-hydrogen) atoms. The molecule has 1 aliphatic heterocycles. The molecule has 0 bridgehead atoms. The van der Waals surface area contributed by atoms with Crippen molar-refractivity contribution in [1.82, 2.24) is 9.88 Å². The highest BCUT2D eigenvalue weighted by Crippen LogP contribution is 2.35. The molecule has 2 heterocycles. The number of carboxylic acid groups (broad SMARTS) is 1. The summed E-state index contributed by atoms with van der Waals surface area (Å²) in [5.41, 5.74) is 0.456. The largest absolute Gasteiger partial charge is 0.481 e. The van der Waals surface area contributed by atoms with Gasteiger partial charge in [-0.15, -0.1) is 0 Å². The van der Waals surface area contributed by atoms with Crippen LogP contribution >= 0.6 is 0 Å². The van der Waals surface area contributed by atoms with Crippen LogP contribution in [0.4, 0.5) is 0 Å². The molecule has 8 nitrogen and oxygen atoms in total. The number of carbonyl (C=O) groups excluding carboxylic acids is 1. The number of pyridine rings is 1. The number of nitrogens with one attached hydrogen (secondary N) is 1. The molecule has 4 rings (SSSR count). The van der Waals surface area contributed by atoms with Gasteiger partial charge in [0.1, 0.15) is 5.56 Å². The first-order valence-electron chi connectivity index (χ1n) is 9.95. The zero-order valence-electron chi connectivity index (χ0n) is 16.3. The van der Waals surface area contributed by atoms with Crippen LogP contribution < -0.4 is 20.2 Å². The highest BCUT2D eigenvalue weighted by atomic mass is 16.7. The van der Waals surface area contributed by atoms with Crippen molar-refractivity contribution in [3.8, 4) is 11.5 Å². The van der Waals surface area contributed by atoms with E-state index in [1.54, 1.807) is 18.3 Å². The second-order valence-electron chi connectivity index (χ2n) is 7.65. The van der Waals surface area contributed by atoms with Gasteiger partial charge >= 0.3 is 5.97 Å². The van der Waals surface area contributed by atoms with Gasteiger partial charge in [-0.25, -0.2) is 0 Å². The number of fused-ring (bicyclic) bond motifs is 2. The predicted molar refractivity (Wildman–Crippen MR) is 105 cm³/mol. The summed E-state index contributed by atoms with van der Waals surface area (Å²) in [5, 5.41) is 12.4. The number of carbonyl (C=O) groups is 2. The van der Waals surface area contributed by atoms with Gasteiger partial charge in [-0.1, -0.05) is 0 Å². The van der Waals surface area contributed by atoms with Gasteiger partial charge in [0.2, 0.25) is 12.2 Å². The third-order valence-electron chi connectivity index (χ3n) is 5.91. The average molecular weight is 400 g/mol. The number of aliphatic carboxylic acids is 1. The average Bonchev–Trinajstić information content (AvgIpc) is 3.19. The van der Waals surface area contributed by atoms with Crippen LogP contribution in [0.3, 0.4) is 0 Å². The SMILES string of the molecule is CCn1cc(C(=O)NCC2CCC(C(=O)O)CC2)c(=O)c2cc3c(cc21)OCO3. The lowest BCUT2D eigenvalue weighted by Gasteiger charge is -2.26. The summed E-state index contributed by atoms with van der Waals surface area (Å²) in [4.78, 5) is 36.8. The Morgan fingerprint density at radius 2 is 1.86 bits per heavy atom. The van der Waals surface area contributed by atoms with E-state index in [0.717, 1.165) is 12.8 Å². The zero-order valence-corrected chi connectivity index (χ0v) is 16.3. The van der Waals surface area contributed by atoms with E-state index < -0.39 is 11.9 Å². The molecule has 0 radical (unpaired) electrons. The van der Waals surface area contributed by atoms with Crippen LogP contribution in [-0.2, 0) is 11.3 Å². The lowest BCUT2D eigenvalue weighted by molar-refractivity contribution is -0.143. The molecule has 154 valence electrons. The van der Waals surface area contributed by atoms with Crippen LogP contribution in [0.2, 0.25) is 0 Å². The highest BCUT2D eigenvalue weighted by molar-refractivity contribution is 5.97. The van der Waals surface area contributed by atoms with Crippen LogP contribution in [-0.4, -0.2) is 34.9 Å². The Balaban J connectivity index is 1.53. The van der Waals surface area contributed by atoms with Crippen molar-refractivity contribution < 1.29 is 24.2 Å². The van der Waals surface area contributed by atoms with Gasteiger partial charge in [0.25, 0.3) is 5.91 Å². The molecule has 0 saturated heterocycles. The molecule has 1 aromatic carbocycles. The summed E-state index contributed by atoms with van der Waals surface area (Å²) < 4.78 is 12.6. The molecular formula is C21H24N2O6. The number of hydrogen-bond acceptors (Lipinski definition) is 5. The number of aryl methyl sites for hydroxylation is 1. The van der Waals surface area contributed by atoms with Gasteiger partial charge in [0.05, 0.1) is 16.8 Å². The fourth-order valence-electron chi connectivity index (χ4n) is 4.15. The van der Waals surface area contributed by atoms with Gasteiger partial charge in [-0.05, 0) is 44.6 Å². The molecule has 0 unspecified atom stereocenters. The van der Waals surface area contributed by atoms with Crippen molar-refractivity contribution in [2.75, 3.05) is 13.3 Å². The maximum absolute atomic E-state index is 13.0. The Labute approximate surface area is 167 Å². The molecule has 1 amide bonds. The Morgan fingerprint density at radius 3 is 2.52 bits per heavy atom. The first-order chi connectivity index (χ1) is 14.0. The molecule has 1 fully saturated rings. The lowest BCUT2D eigenvalue weighted by Crippen LogP contribution is -2.35. The van der Waals surface area contributed by atoms with Crippen LogP contribution in [0, 0.1) is 11.8 Å². The zero-order chi connectivity index (χ0) is 20.5. The maximum Gasteiger partial charge on any atom is 0.306 e. The van der Waals surface area contributed by atoms with Crippen molar-refractivity contribution in [3.63, 3.8) is 0 Å². The van der Waals surface area contributed by atoms with Gasteiger partial charge in [-0.3, -0.25) is 14.4 Å². The van der Waals surface area contributed by atoms with Crippen molar-refractivity contribution in [1.29, 1.82) is 0 Å². The molecule has 1 saturated carbocycles. The second kappa shape index (κ2) is 7.77. The molecule has 8 heteroatoms. The van der Waals surface area contributed by atoms with Crippen LogP contribution in [0.15, 0.2) is 23.1 Å². The number of rotatable bonds is 5. The van der Waals surface area contributed by atoms with Crippen molar-refractivity contribution in [3.05, 3.63) is 34.1 Å². The molecule has 2 aliphatic rings. The minimum absolute atomic E-state index is 0.0948. The molecule has 1 aliphatic carbocycles. The summed E-state index contributed by atoms with van der Waals surface area (Å²) >= 11 is 0. The van der Waals surface area contributed by atoms with Crippen molar-refractivity contribution in [2.45, 2.75) is 39.2 Å². The van der Waals surface area contributed by atoms with E-state index in [2.05, 4.69) is 5.32 Å². The van der Waals surface area contributed by atoms with Gasteiger partial charge in [-0.2, -0.15) is 0 Å². The number of nitrogens with zero attached hydrogens (tertiary/aromatic N) is 1. The number of aromatic nitrogens is 1. The second-order valence-corrected chi connectivity index (χ2v) is 7.65. The summed E-state index contributed by atoms with van der Waals surface area (Å²) in [6.45, 7) is 3.09. The van der Waals surface area contributed by atoms with Crippen LogP contribution in [0.5, 0.6) is 11.5 Å². The quantitative estimate of drug-likeness (QED) is 0.798. The Kier molecular flexibility index (Phi) is 5.17. The van der Waals surface area contributed by atoms with E-state index in [-0.39, 0.29) is 29.6 Å². The Hall–Kier alpha value is -3.03. The number of amides is 1. The first-order valence-corrected chi connectivity index (χ1v) is 9.95. The highest BCUT2D eigenvalue weighted by Gasteiger charge is 2.26. The third kappa shape index (κ3) is 3.66. The van der Waals surface area contributed by atoms with E-state index in [1.807, 2.05) is 11.5 Å². The summed E-state index contributed by atoms with van der Waals surface area (Å²) in [5.74, 6) is -0.107. The fourth-order valence-corrected chi connectivity index (χ4v) is 4.15. The van der Waals surface area contributed by atoms with Gasteiger partial charge in [0, 0.05) is 25.4 Å². The summed E-state index contributed by atoms with van der Waals surface area (Å²) in [7, 11) is 0. The monoisotopic (exact) mass is 400 g/mol. The topological polar surface area (TPSA) is 107 Å². The van der Waals surface area contributed by atoms with E-state index in [9.17, 15) is 14.4 Å². The maximum atomic E-state index is 13.0. The first kappa shape index (κ1) is 19.3. The third-order valence-corrected chi connectivity index (χ3v) is 5.91. The van der Waals surface area contributed by atoms with E-state index >= 15 is 0 Å². The Bertz CT molecular complexity index is 1020. The Morgan fingerprint density at radius 1 is 1.17 bits per heavy atom. The van der Waals surface area contributed by atoms with E-state index in [4.69, 9.17) is 14.6 Å². The van der Waals surface area contributed by atoms with Gasteiger partial charge in [0.15, 0.2) is 11.5 Å². The molecule has 2 aromatic rings. The molecular weight excluding hydrogens is 376 g/mol. The van der Waals surface area contributed by atoms with Crippen molar-refractivity contribution in [2.24, 2.45) is 11.8 Å². The summed E-state index contributed by atoms with van der Waals surface area (Å²) in [6, 6.07) is 3.40. The number of carboxylic acids is 1. The van der Waals surface area contributed by atoms with E-state index in [0.29, 0.717) is 48.3 Å². The minimum atomic E-state index is -0.746. The van der Waals surface area contributed by atoms with Crippen LogP contribution in [0.25, 0.3) is 10.9 Å². The number of ether oxygens (including phenoxy) is 2. The standard InChI is InChI=1S/C21H24N2O6/c1-2-23-10-15(19(24)14-7-17-18(8-16(14)23)29-11-28-17)20(25)22-9-12-3-5-13(6-4-12)21(26)27/h7-8,10,12-13H,2-6,9,11H2,1H3,(H,22,25)(H,26,27). The van der Waals surface area contributed by atoms with E-state index in [1.165, 1.54) is 0 Å². The number of benzene rings is 1. The molecule has 1 aromatic heterocycles. The van der Waals surface area contributed by atoms with Gasteiger partial charge < -0.3 is 24.5 Å². The molecule has 0 atom stereocenters.